The summed E-state index contributed by atoms with van der Waals surface area (Å²) in [6.07, 6.45) is 5.00. The van der Waals surface area contributed by atoms with Gasteiger partial charge in [-0.1, -0.05) is 26.0 Å². The van der Waals surface area contributed by atoms with Gasteiger partial charge in [-0.05, 0) is 36.6 Å². The van der Waals surface area contributed by atoms with Gasteiger partial charge in [0, 0.05) is 12.1 Å². The largest absolute Gasteiger partial charge is 0.350 e. The Hall–Kier alpha value is -1.64. The molecule has 1 aromatic carbocycles. The Morgan fingerprint density at radius 3 is 2.41 bits per heavy atom. The van der Waals surface area contributed by atoms with E-state index in [0.29, 0.717) is 0 Å². The number of halogens is 1. The minimum absolute atomic E-state index is 0.108. The molecule has 0 radical (unpaired) electrons. The van der Waals surface area contributed by atoms with Crippen molar-refractivity contribution in [2.75, 3.05) is 0 Å². The zero-order valence-corrected chi connectivity index (χ0v) is 10.2. The van der Waals surface area contributed by atoms with Crippen LogP contribution < -0.4 is 5.32 Å². The number of benzene rings is 1. The van der Waals surface area contributed by atoms with E-state index in [1.165, 1.54) is 18.2 Å². The van der Waals surface area contributed by atoms with E-state index in [2.05, 4.69) is 5.32 Å². The Kier molecular flexibility index (Phi) is 5.40. The molecule has 92 valence electrons. The zero-order valence-electron chi connectivity index (χ0n) is 10.2. The molecule has 0 spiro atoms. The molecular weight excluding hydrogens is 217 g/mol. The van der Waals surface area contributed by atoms with E-state index in [1.807, 2.05) is 13.8 Å². The van der Waals surface area contributed by atoms with Crippen LogP contribution in [0.3, 0.4) is 0 Å². The molecule has 1 rings (SSSR count). The topological polar surface area (TPSA) is 29.1 Å². The molecular formula is C14H18FNO. The molecule has 0 aliphatic heterocycles. The van der Waals surface area contributed by atoms with E-state index >= 15 is 0 Å². The number of amides is 1. The molecule has 0 fully saturated rings. The van der Waals surface area contributed by atoms with E-state index in [-0.39, 0.29) is 17.8 Å². The van der Waals surface area contributed by atoms with Crippen molar-refractivity contribution >= 4 is 12.0 Å². The summed E-state index contributed by atoms with van der Waals surface area (Å²) in [7, 11) is 0. The van der Waals surface area contributed by atoms with Crippen molar-refractivity contribution in [1.29, 1.82) is 0 Å². The van der Waals surface area contributed by atoms with E-state index in [0.717, 1.165) is 18.4 Å². The van der Waals surface area contributed by atoms with E-state index < -0.39 is 0 Å². The fourth-order valence-electron chi connectivity index (χ4n) is 1.49. The number of nitrogens with one attached hydrogen (secondary N) is 1. The fourth-order valence-corrected chi connectivity index (χ4v) is 1.49. The van der Waals surface area contributed by atoms with Gasteiger partial charge in [0.2, 0.25) is 5.91 Å². The van der Waals surface area contributed by atoms with Crippen LogP contribution in [0.25, 0.3) is 6.08 Å². The lowest BCUT2D eigenvalue weighted by atomic mass is 10.1. The Morgan fingerprint density at radius 2 is 1.88 bits per heavy atom. The van der Waals surface area contributed by atoms with E-state index in [1.54, 1.807) is 18.2 Å². The van der Waals surface area contributed by atoms with Crippen LogP contribution in [0.5, 0.6) is 0 Å². The lowest BCUT2D eigenvalue weighted by Gasteiger charge is -2.12. The molecule has 3 heteroatoms. The average molecular weight is 235 g/mol. The van der Waals surface area contributed by atoms with Gasteiger partial charge in [-0.25, -0.2) is 4.39 Å². The fraction of sp³-hybridized carbons (Fsp3) is 0.357. The number of carbonyl (C=O) groups is 1. The molecule has 1 amide bonds. The molecule has 0 heterocycles. The SMILES string of the molecule is CCC(CC)NC(=O)/C=C/c1ccc(F)cc1. The van der Waals surface area contributed by atoms with Crippen LogP contribution >= 0.6 is 0 Å². The summed E-state index contributed by atoms with van der Waals surface area (Å²) >= 11 is 0. The first-order valence-electron chi connectivity index (χ1n) is 5.89. The van der Waals surface area contributed by atoms with Gasteiger partial charge in [-0.3, -0.25) is 4.79 Å². The van der Waals surface area contributed by atoms with Crippen LogP contribution in [0.4, 0.5) is 4.39 Å². The Labute approximate surface area is 102 Å². The summed E-state index contributed by atoms with van der Waals surface area (Å²) < 4.78 is 12.6. The first-order chi connectivity index (χ1) is 8.15. The number of carbonyl (C=O) groups excluding carboxylic acids is 1. The summed E-state index contributed by atoms with van der Waals surface area (Å²) in [5.41, 5.74) is 0.811. The third kappa shape index (κ3) is 4.81. The van der Waals surface area contributed by atoms with Crippen molar-refractivity contribution in [3.05, 3.63) is 41.7 Å². The smallest absolute Gasteiger partial charge is 0.244 e. The summed E-state index contributed by atoms with van der Waals surface area (Å²) in [6, 6.07) is 6.24. The Morgan fingerprint density at radius 1 is 1.29 bits per heavy atom. The molecule has 0 unspecified atom stereocenters. The second kappa shape index (κ2) is 6.84. The van der Waals surface area contributed by atoms with Crippen LogP contribution in [0.2, 0.25) is 0 Å². The minimum atomic E-state index is -0.274. The molecule has 0 aliphatic rings. The second-order valence-corrected chi connectivity index (χ2v) is 3.91. The van der Waals surface area contributed by atoms with Crippen LogP contribution in [-0.4, -0.2) is 11.9 Å². The highest BCUT2D eigenvalue weighted by Gasteiger charge is 2.04. The van der Waals surface area contributed by atoms with Crippen LogP contribution in [0.15, 0.2) is 30.3 Å². The molecule has 0 saturated carbocycles. The van der Waals surface area contributed by atoms with Crippen molar-refractivity contribution in [2.24, 2.45) is 0 Å². The van der Waals surface area contributed by atoms with Crippen LogP contribution in [-0.2, 0) is 4.79 Å². The predicted molar refractivity (Wildman–Crippen MR) is 67.9 cm³/mol. The van der Waals surface area contributed by atoms with Gasteiger partial charge in [-0.2, -0.15) is 0 Å². The van der Waals surface area contributed by atoms with E-state index in [9.17, 15) is 9.18 Å². The maximum Gasteiger partial charge on any atom is 0.244 e. The van der Waals surface area contributed by atoms with Gasteiger partial charge in [-0.15, -0.1) is 0 Å². The maximum atomic E-state index is 12.6. The van der Waals surface area contributed by atoms with Crippen molar-refractivity contribution in [3.63, 3.8) is 0 Å². The maximum absolute atomic E-state index is 12.6. The van der Waals surface area contributed by atoms with Gasteiger partial charge in [0.1, 0.15) is 5.82 Å². The van der Waals surface area contributed by atoms with Gasteiger partial charge in [0.25, 0.3) is 0 Å². The number of hydrogen-bond donors (Lipinski definition) is 1. The van der Waals surface area contributed by atoms with Crippen molar-refractivity contribution in [2.45, 2.75) is 32.7 Å². The van der Waals surface area contributed by atoms with Crippen LogP contribution in [0, 0.1) is 5.82 Å². The normalized spacial score (nSPS) is 11.1. The monoisotopic (exact) mass is 235 g/mol. The summed E-state index contributed by atoms with van der Waals surface area (Å²) in [5, 5.41) is 2.90. The van der Waals surface area contributed by atoms with Crippen molar-refractivity contribution < 1.29 is 9.18 Å². The third-order valence-electron chi connectivity index (χ3n) is 2.63. The highest BCUT2D eigenvalue weighted by atomic mass is 19.1. The van der Waals surface area contributed by atoms with Crippen molar-refractivity contribution in [3.8, 4) is 0 Å². The highest BCUT2D eigenvalue weighted by molar-refractivity contribution is 5.91. The molecule has 0 bridgehead atoms. The predicted octanol–water partition coefficient (Wildman–Crippen LogP) is 3.14. The molecule has 0 atom stereocenters. The molecule has 0 aliphatic carbocycles. The number of rotatable bonds is 5. The average Bonchev–Trinajstić information content (AvgIpc) is 2.35. The quantitative estimate of drug-likeness (QED) is 0.780. The molecule has 0 aromatic heterocycles. The summed E-state index contributed by atoms with van der Waals surface area (Å²) in [6.45, 7) is 4.08. The lowest BCUT2D eigenvalue weighted by molar-refractivity contribution is -0.117. The van der Waals surface area contributed by atoms with Gasteiger partial charge < -0.3 is 5.32 Å². The standard InChI is InChI=1S/C14H18FNO/c1-3-13(4-2)16-14(17)10-7-11-5-8-12(15)9-6-11/h5-10,13H,3-4H2,1-2H3,(H,16,17)/b10-7+. The van der Waals surface area contributed by atoms with Gasteiger partial charge >= 0.3 is 0 Å². The second-order valence-electron chi connectivity index (χ2n) is 3.91. The zero-order chi connectivity index (χ0) is 12.7. The molecule has 0 saturated heterocycles. The van der Waals surface area contributed by atoms with Gasteiger partial charge in [0.15, 0.2) is 0 Å². The summed E-state index contributed by atoms with van der Waals surface area (Å²) in [4.78, 5) is 11.5. The summed E-state index contributed by atoms with van der Waals surface area (Å²) in [5.74, 6) is -0.383. The Balaban J connectivity index is 2.53. The third-order valence-corrected chi connectivity index (χ3v) is 2.63. The van der Waals surface area contributed by atoms with Crippen LogP contribution in [0.1, 0.15) is 32.3 Å². The van der Waals surface area contributed by atoms with Crippen molar-refractivity contribution in [1.82, 2.24) is 5.32 Å². The minimum Gasteiger partial charge on any atom is -0.350 e. The number of hydrogen-bond acceptors (Lipinski definition) is 1. The lowest BCUT2D eigenvalue weighted by Crippen LogP contribution is -2.32. The molecule has 17 heavy (non-hydrogen) atoms. The highest BCUT2D eigenvalue weighted by Crippen LogP contribution is 2.04. The van der Waals surface area contributed by atoms with E-state index in [4.69, 9.17) is 0 Å². The molecule has 1 N–H and O–H groups in total. The first-order valence-corrected chi connectivity index (χ1v) is 5.89. The molecule has 2 nitrogen and oxygen atoms in total. The Bertz CT molecular complexity index is 380. The molecule has 1 aromatic rings. The first kappa shape index (κ1) is 13.4. The van der Waals surface area contributed by atoms with Gasteiger partial charge in [0.05, 0.1) is 0 Å².